The Morgan fingerprint density at radius 3 is 2.96 bits per heavy atom. The lowest BCUT2D eigenvalue weighted by molar-refractivity contribution is -0.135. The molecule has 0 unspecified atom stereocenters. The van der Waals surface area contributed by atoms with Gasteiger partial charge in [0.15, 0.2) is 0 Å². The lowest BCUT2D eigenvalue weighted by Crippen LogP contribution is -2.53. The van der Waals surface area contributed by atoms with Crippen molar-refractivity contribution < 1.29 is 14.3 Å². The normalized spacial score (nSPS) is 24.7. The number of piperidine rings is 1. The van der Waals surface area contributed by atoms with Crippen molar-refractivity contribution in [2.45, 2.75) is 31.7 Å². The number of amides is 2. The summed E-state index contributed by atoms with van der Waals surface area (Å²) in [5.41, 5.74) is 0.620. The highest BCUT2D eigenvalue weighted by atomic mass is 16.5. The van der Waals surface area contributed by atoms with E-state index in [-0.39, 0.29) is 17.9 Å². The Bertz CT molecular complexity index is 600. The number of ether oxygens (including phenoxy) is 1. The lowest BCUT2D eigenvalue weighted by atomic mass is 9.88. The number of hydrogen-bond acceptors (Lipinski definition) is 4. The average molecular weight is 334 g/mol. The minimum absolute atomic E-state index is 0.0347. The smallest absolute Gasteiger partial charge is 0.272 e. The molecule has 2 aliphatic heterocycles. The highest BCUT2D eigenvalue weighted by molar-refractivity contribution is 5.92. The predicted octanol–water partition coefficient (Wildman–Crippen LogP) is 0.910. The van der Waals surface area contributed by atoms with E-state index in [1.165, 1.54) is 0 Å². The van der Waals surface area contributed by atoms with E-state index in [0.29, 0.717) is 44.3 Å². The third-order valence-corrected chi connectivity index (χ3v) is 5.24. The van der Waals surface area contributed by atoms with Crippen molar-refractivity contribution in [2.75, 3.05) is 33.4 Å². The number of nitrogens with zero attached hydrogens (tertiary/aromatic N) is 4. The maximum absolute atomic E-state index is 12.7. The topological polar surface area (TPSA) is 67.7 Å². The Morgan fingerprint density at radius 1 is 1.42 bits per heavy atom. The Labute approximate surface area is 142 Å². The van der Waals surface area contributed by atoms with Crippen molar-refractivity contribution in [3.05, 3.63) is 18.0 Å². The molecule has 0 radical (unpaired) electrons. The van der Waals surface area contributed by atoms with E-state index in [2.05, 4.69) is 5.10 Å². The van der Waals surface area contributed by atoms with Crippen LogP contribution in [0.4, 0.5) is 0 Å². The van der Waals surface area contributed by atoms with Crippen LogP contribution in [0.2, 0.25) is 0 Å². The van der Waals surface area contributed by atoms with E-state index >= 15 is 0 Å². The van der Waals surface area contributed by atoms with Gasteiger partial charge < -0.3 is 14.5 Å². The number of carbonyl (C=O) groups excluding carboxylic acids is 2. The molecule has 0 bridgehead atoms. The molecule has 2 atom stereocenters. The maximum atomic E-state index is 12.7. The van der Waals surface area contributed by atoms with Gasteiger partial charge in [0.05, 0.1) is 6.61 Å². The predicted molar refractivity (Wildman–Crippen MR) is 88.4 cm³/mol. The minimum atomic E-state index is 0.0347. The molecule has 0 spiro atoms. The van der Waals surface area contributed by atoms with Crippen LogP contribution in [-0.4, -0.2) is 70.8 Å². The maximum Gasteiger partial charge on any atom is 0.272 e. The Hall–Kier alpha value is -1.89. The standard InChI is InChI=1S/C17H26N4O3/c1-19-15(6-8-18-19)17(23)20-9-7-14-13(12-20)4-3-5-16(22)21(14)10-11-24-2/h6,8,13-14H,3-5,7,9-12H2,1-2H3/t13-,14+/m0/s1. The summed E-state index contributed by atoms with van der Waals surface area (Å²) >= 11 is 0. The summed E-state index contributed by atoms with van der Waals surface area (Å²) in [6, 6.07) is 1.99. The lowest BCUT2D eigenvalue weighted by Gasteiger charge is -2.42. The second-order valence-corrected chi connectivity index (χ2v) is 6.68. The highest BCUT2D eigenvalue weighted by Crippen LogP contribution is 2.31. The SMILES string of the molecule is COCCN1C(=O)CCC[C@H]2CN(C(=O)c3ccnn3C)CC[C@H]21. The van der Waals surface area contributed by atoms with Crippen LogP contribution in [0.1, 0.15) is 36.2 Å². The monoisotopic (exact) mass is 334 g/mol. The highest BCUT2D eigenvalue weighted by Gasteiger charge is 2.38. The minimum Gasteiger partial charge on any atom is -0.383 e. The molecular formula is C17H26N4O3. The van der Waals surface area contributed by atoms with Crippen molar-refractivity contribution in [1.29, 1.82) is 0 Å². The molecule has 0 N–H and O–H groups in total. The van der Waals surface area contributed by atoms with Gasteiger partial charge in [0.1, 0.15) is 5.69 Å². The van der Waals surface area contributed by atoms with Gasteiger partial charge >= 0.3 is 0 Å². The molecule has 2 fully saturated rings. The van der Waals surface area contributed by atoms with E-state index in [9.17, 15) is 9.59 Å². The number of rotatable bonds is 4. The molecule has 7 heteroatoms. The van der Waals surface area contributed by atoms with Gasteiger partial charge in [-0.1, -0.05) is 0 Å². The Balaban J connectivity index is 1.72. The molecule has 132 valence electrons. The second kappa shape index (κ2) is 7.34. The van der Waals surface area contributed by atoms with Crippen LogP contribution >= 0.6 is 0 Å². The molecule has 3 heterocycles. The van der Waals surface area contributed by atoms with E-state index < -0.39 is 0 Å². The van der Waals surface area contributed by atoms with Gasteiger partial charge in [-0.25, -0.2) is 0 Å². The molecule has 0 saturated carbocycles. The first kappa shape index (κ1) is 17.0. The third-order valence-electron chi connectivity index (χ3n) is 5.24. The summed E-state index contributed by atoms with van der Waals surface area (Å²) in [6.07, 6.45) is 4.99. The summed E-state index contributed by atoms with van der Waals surface area (Å²) in [6.45, 7) is 2.60. The van der Waals surface area contributed by atoms with Crippen molar-refractivity contribution in [1.82, 2.24) is 19.6 Å². The first-order valence-electron chi connectivity index (χ1n) is 8.67. The van der Waals surface area contributed by atoms with Gasteiger partial charge in [-0.15, -0.1) is 0 Å². The molecule has 24 heavy (non-hydrogen) atoms. The zero-order valence-electron chi connectivity index (χ0n) is 14.5. The average Bonchev–Trinajstić information content (AvgIpc) is 2.94. The molecule has 2 aliphatic rings. The number of methoxy groups -OCH3 is 1. The van der Waals surface area contributed by atoms with Crippen LogP contribution in [0.3, 0.4) is 0 Å². The summed E-state index contributed by atoms with van der Waals surface area (Å²) in [5, 5.41) is 4.09. The van der Waals surface area contributed by atoms with E-state index in [0.717, 1.165) is 19.3 Å². The van der Waals surface area contributed by atoms with Gasteiger partial charge in [0.25, 0.3) is 5.91 Å². The van der Waals surface area contributed by atoms with Crippen LogP contribution in [0.5, 0.6) is 0 Å². The number of hydrogen-bond donors (Lipinski definition) is 0. The number of carbonyl (C=O) groups is 2. The fraction of sp³-hybridized carbons (Fsp3) is 0.706. The zero-order chi connectivity index (χ0) is 17.1. The first-order valence-corrected chi connectivity index (χ1v) is 8.67. The first-order chi connectivity index (χ1) is 11.6. The Kier molecular flexibility index (Phi) is 5.18. The van der Waals surface area contributed by atoms with E-state index in [1.807, 2.05) is 9.80 Å². The molecule has 1 aromatic rings. The molecule has 3 rings (SSSR count). The quantitative estimate of drug-likeness (QED) is 0.821. The molecule has 1 aromatic heterocycles. The summed E-state index contributed by atoms with van der Waals surface area (Å²) in [5.74, 6) is 0.609. The molecule has 2 amide bonds. The van der Waals surface area contributed by atoms with Crippen LogP contribution in [0.15, 0.2) is 12.3 Å². The van der Waals surface area contributed by atoms with E-state index in [4.69, 9.17) is 4.74 Å². The van der Waals surface area contributed by atoms with Gasteiger partial charge in [0.2, 0.25) is 5.91 Å². The van der Waals surface area contributed by atoms with Gasteiger partial charge in [-0.05, 0) is 31.2 Å². The third kappa shape index (κ3) is 3.31. The fourth-order valence-corrected chi connectivity index (χ4v) is 3.97. The van der Waals surface area contributed by atoms with Gasteiger partial charge in [-0.2, -0.15) is 5.10 Å². The molecule has 7 nitrogen and oxygen atoms in total. The van der Waals surface area contributed by atoms with Crippen LogP contribution in [0.25, 0.3) is 0 Å². The van der Waals surface area contributed by atoms with Crippen molar-refractivity contribution >= 4 is 11.8 Å². The molecule has 0 aromatic carbocycles. The van der Waals surface area contributed by atoms with Crippen LogP contribution in [-0.2, 0) is 16.6 Å². The van der Waals surface area contributed by atoms with Gasteiger partial charge in [0, 0.05) is 52.5 Å². The van der Waals surface area contributed by atoms with Crippen LogP contribution in [0, 0.1) is 5.92 Å². The van der Waals surface area contributed by atoms with Crippen molar-refractivity contribution in [3.63, 3.8) is 0 Å². The van der Waals surface area contributed by atoms with Crippen molar-refractivity contribution in [3.8, 4) is 0 Å². The fourth-order valence-electron chi connectivity index (χ4n) is 3.97. The molecule has 0 aliphatic carbocycles. The molecular weight excluding hydrogens is 308 g/mol. The second-order valence-electron chi connectivity index (χ2n) is 6.68. The number of aromatic nitrogens is 2. The number of likely N-dealkylation sites (tertiary alicyclic amines) is 2. The number of aryl methyl sites for hydroxylation is 1. The van der Waals surface area contributed by atoms with Crippen LogP contribution < -0.4 is 0 Å². The van der Waals surface area contributed by atoms with Crippen molar-refractivity contribution in [2.24, 2.45) is 13.0 Å². The summed E-state index contributed by atoms with van der Waals surface area (Å²) in [7, 11) is 3.45. The largest absolute Gasteiger partial charge is 0.383 e. The summed E-state index contributed by atoms with van der Waals surface area (Å²) in [4.78, 5) is 29.0. The summed E-state index contributed by atoms with van der Waals surface area (Å²) < 4.78 is 6.79. The Morgan fingerprint density at radius 2 is 2.25 bits per heavy atom. The van der Waals surface area contributed by atoms with Gasteiger partial charge in [-0.3, -0.25) is 14.3 Å². The zero-order valence-corrected chi connectivity index (χ0v) is 14.5. The number of fused-ring (bicyclic) bond motifs is 1. The van der Waals surface area contributed by atoms with E-state index in [1.54, 1.807) is 31.1 Å². The molecule has 2 saturated heterocycles.